The zero-order valence-electron chi connectivity index (χ0n) is 14.2. The number of carbonyl (C=O) groups excluding carboxylic acids is 1. The van der Waals surface area contributed by atoms with Crippen LogP contribution in [0.1, 0.15) is 31.9 Å². The van der Waals surface area contributed by atoms with E-state index in [9.17, 15) is 4.79 Å². The summed E-state index contributed by atoms with van der Waals surface area (Å²) in [5, 5.41) is 3.44. The van der Waals surface area contributed by atoms with Crippen LogP contribution in [-0.2, 0) is 4.74 Å². The minimum Gasteiger partial charge on any atom is -0.444 e. The van der Waals surface area contributed by atoms with Crippen LogP contribution in [0.5, 0.6) is 0 Å². The highest BCUT2D eigenvalue weighted by Gasteiger charge is 2.16. The van der Waals surface area contributed by atoms with Gasteiger partial charge in [0.1, 0.15) is 5.60 Å². The number of alkyl carbamates (subject to hydrolysis) is 1. The van der Waals surface area contributed by atoms with E-state index >= 15 is 0 Å². The molecular weight excluding hydrogens is 322 g/mol. The lowest BCUT2D eigenvalue weighted by atomic mass is 10.0. The summed E-state index contributed by atoms with van der Waals surface area (Å²) in [5.74, 6) is 0. The van der Waals surface area contributed by atoms with E-state index in [0.29, 0.717) is 11.6 Å². The number of amides is 1. The van der Waals surface area contributed by atoms with E-state index < -0.39 is 11.7 Å². The van der Waals surface area contributed by atoms with Crippen LogP contribution in [0.3, 0.4) is 0 Å². The second-order valence-electron chi connectivity index (χ2n) is 6.42. The number of halogens is 1. The molecule has 0 aliphatic heterocycles. The van der Waals surface area contributed by atoms with E-state index in [-0.39, 0.29) is 0 Å². The molecule has 2 rings (SSSR count). The zero-order chi connectivity index (χ0) is 17.6. The Hall–Kier alpha value is -2.26. The van der Waals surface area contributed by atoms with Crippen LogP contribution in [0.15, 0.2) is 54.6 Å². The van der Waals surface area contributed by atoms with E-state index in [1.165, 1.54) is 0 Å². The maximum absolute atomic E-state index is 11.9. The first-order chi connectivity index (χ1) is 11.3. The van der Waals surface area contributed by atoms with Gasteiger partial charge in [0.15, 0.2) is 0 Å². The molecule has 0 radical (unpaired) electrons. The van der Waals surface area contributed by atoms with Crippen molar-refractivity contribution in [1.29, 1.82) is 0 Å². The third-order valence-electron chi connectivity index (χ3n) is 3.18. The lowest BCUT2D eigenvalue weighted by Crippen LogP contribution is -2.33. The van der Waals surface area contributed by atoms with Crippen molar-refractivity contribution in [3.05, 3.63) is 70.7 Å². The Bertz CT molecular complexity index is 718. The second kappa shape index (κ2) is 8.02. The number of carbonyl (C=O) groups is 1. The van der Waals surface area contributed by atoms with Crippen LogP contribution in [0.2, 0.25) is 5.02 Å². The van der Waals surface area contributed by atoms with Crippen molar-refractivity contribution < 1.29 is 9.53 Å². The zero-order valence-corrected chi connectivity index (χ0v) is 14.9. The van der Waals surface area contributed by atoms with Gasteiger partial charge in [-0.05, 0) is 49.6 Å². The van der Waals surface area contributed by atoms with Crippen molar-refractivity contribution in [2.75, 3.05) is 6.54 Å². The van der Waals surface area contributed by atoms with Gasteiger partial charge >= 0.3 is 6.09 Å². The fourth-order valence-electron chi connectivity index (χ4n) is 2.18. The van der Waals surface area contributed by atoms with Gasteiger partial charge < -0.3 is 10.1 Å². The normalized spacial score (nSPS) is 11.9. The minimum absolute atomic E-state index is 0.327. The lowest BCUT2D eigenvalue weighted by Gasteiger charge is -2.20. The van der Waals surface area contributed by atoms with Gasteiger partial charge in [0.2, 0.25) is 0 Å². The molecule has 4 heteroatoms. The molecule has 0 bridgehead atoms. The van der Waals surface area contributed by atoms with Crippen LogP contribution < -0.4 is 5.32 Å². The molecule has 0 spiro atoms. The lowest BCUT2D eigenvalue weighted by molar-refractivity contribution is 0.0535. The summed E-state index contributed by atoms with van der Waals surface area (Å²) in [6.45, 7) is 5.83. The molecule has 0 fully saturated rings. The van der Waals surface area contributed by atoms with E-state index in [2.05, 4.69) is 5.32 Å². The molecule has 0 aliphatic rings. The molecular formula is C20H22ClNO2. The molecule has 3 nitrogen and oxygen atoms in total. The summed E-state index contributed by atoms with van der Waals surface area (Å²) in [5.41, 5.74) is 2.31. The number of ether oxygens (including phenoxy) is 1. The summed E-state index contributed by atoms with van der Waals surface area (Å²) >= 11 is 6.32. The number of rotatable bonds is 4. The number of benzene rings is 2. The van der Waals surface area contributed by atoms with Crippen molar-refractivity contribution in [3.8, 4) is 0 Å². The van der Waals surface area contributed by atoms with Crippen LogP contribution in [0, 0.1) is 0 Å². The third kappa shape index (κ3) is 5.74. The highest BCUT2D eigenvalue weighted by molar-refractivity contribution is 6.32. The summed E-state index contributed by atoms with van der Waals surface area (Å²) < 4.78 is 5.29. The van der Waals surface area contributed by atoms with E-state index in [0.717, 1.165) is 16.7 Å². The van der Waals surface area contributed by atoms with Gasteiger partial charge in [-0.3, -0.25) is 0 Å². The van der Waals surface area contributed by atoms with Gasteiger partial charge in [0, 0.05) is 11.6 Å². The van der Waals surface area contributed by atoms with Gasteiger partial charge in [0.05, 0.1) is 0 Å². The fraction of sp³-hybridized carbons (Fsp3) is 0.250. The van der Waals surface area contributed by atoms with Crippen molar-refractivity contribution in [3.63, 3.8) is 0 Å². The Kier molecular flexibility index (Phi) is 6.04. The quantitative estimate of drug-likeness (QED) is 0.754. The first-order valence-corrected chi connectivity index (χ1v) is 8.20. The van der Waals surface area contributed by atoms with Crippen molar-refractivity contribution >= 4 is 29.3 Å². The monoisotopic (exact) mass is 343 g/mol. The Morgan fingerprint density at radius 3 is 2.33 bits per heavy atom. The van der Waals surface area contributed by atoms with Gasteiger partial charge in [-0.2, -0.15) is 0 Å². The van der Waals surface area contributed by atoms with Gasteiger partial charge in [-0.25, -0.2) is 4.79 Å². The largest absolute Gasteiger partial charge is 0.444 e. The van der Waals surface area contributed by atoms with E-state index in [1.807, 2.05) is 81.4 Å². The standard InChI is InChI=1S/C20H22ClNO2/c1-20(2,3)24-19(23)22-14-16(13-15-9-5-4-6-10-15)17-11-7-8-12-18(17)21/h4-13H,14H2,1-3H3,(H,22,23)/b16-13-. The average molecular weight is 344 g/mol. The van der Waals surface area contributed by atoms with E-state index in [1.54, 1.807) is 0 Å². The summed E-state index contributed by atoms with van der Waals surface area (Å²) in [7, 11) is 0. The van der Waals surface area contributed by atoms with Gasteiger partial charge in [0.25, 0.3) is 0 Å². The first-order valence-electron chi connectivity index (χ1n) is 7.82. The summed E-state index contributed by atoms with van der Waals surface area (Å²) in [4.78, 5) is 11.9. The topological polar surface area (TPSA) is 38.3 Å². The van der Waals surface area contributed by atoms with Crippen LogP contribution in [0.25, 0.3) is 11.6 Å². The molecule has 126 valence electrons. The number of hydrogen-bond acceptors (Lipinski definition) is 2. The second-order valence-corrected chi connectivity index (χ2v) is 6.82. The molecule has 2 aromatic carbocycles. The molecule has 0 unspecified atom stereocenters. The summed E-state index contributed by atoms with van der Waals surface area (Å²) in [6.07, 6.45) is 1.56. The molecule has 0 saturated carbocycles. The maximum Gasteiger partial charge on any atom is 0.407 e. The molecule has 0 atom stereocenters. The predicted octanol–water partition coefficient (Wildman–Crippen LogP) is 5.41. The molecule has 1 amide bonds. The number of nitrogens with one attached hydrogen (secondary N) is 1. The maximum atomic E-state index is 11.9. The highest BCUT2D eigenvalue weighted by Crippen LogP contribution is 2.25. The minimum atomic E-state index is -0.530. The van der Waals surface area contributed by atoms with Crippen LogP contribution in [0.4, 0.5) is 4.79 Å². The molecule has 24 heavy (non-hydrogen) atoms. The summed E-state index contributed by atoms with van der Waals surface area (Å²) in [6, 6.07) is 17.5. The van der Waals surface area contributed by atoms with Gasteiger partial charge in [-0.1, -0.05) is 60.1 Å². The SMILES string of the molecule is CC(C)(C)OC(=O)NC/C(=C/c1ccccc1)c1ccccc1Cl. The van der Waals surface area contributed by atoms with Crippen molar-refractivity contribution in [2.24, 2.45) is 0 Å². The van der Waals surface area contributed by atoms with Crippen molar-refractivity contribution in [1.82, 2.24) is 5.32 Å². The predicted molar refractivity (Wildman–Crippen MR) is 100 cm³/mol. The highest BCUT2D eigenvalue weighted by atomic mass is 35.5. The van der Waals surface area contributed by atoms with Gasteiger partial charge in [-0.15, -0.1) is 0 Å². The number of hydrogen-bond donors (Lipinski definition) is 1. The first kappa shape index (κ1) is 18.1. The Morgan fingerprint density at radius 2 is 1.71 bits per heavy atom. The average Bonchev–Trinajstić information content (AvgIpc) is 2.51. The molecule has 0 saturated heterocycles. The Balaban J connectivity index is 2.23. The molecule has 0 aromatic heterocycles. The van der Waals surface area contributed by atoms with Crippen LogP contribution >= 0.6 is 11.6 Å². The third-order valence-corrected chi connectivity index (χ3v) is 3.51. The van der Waals surface area contributed by atoms with Crippen molar-refractivity contribution in [2.45, 2.75) is 26.4 Å². The molecule has 0 aliphatic carbocycles. The Morgan fingerprint density at radius 1 is 1.08 bits per heavy atom. The van der Waals surface area contributed by atoms with E-state index in [4.69, 9.17) is 16.3 Å². The fourth-order valence-corrected chi connectivity index (χ4v) is 2.43. The molecule has 1 N–H and O–H groups in total. The molecule has 2 aromatic rings. The smallest absolute Gasteiger partial charge is 0.407 e. The Labute approximate surface area is 148 Å². The van der Waals surface area contributed by atoms with Crippen LogP contribution in [-0.4, -0.2) is 18.2 Å². The molecule has 0 heterocycles.